The van der Waals surface area contributed by atoms with E-state index in [2.05, 4.69) is 26.4 Å². The Balaban J connectivity index is 1.57. The Bertz CT molecular complexity index is 1540. The van der Waals surface area contributed by atoms with E-state index in [0.717, 1.165) is 47.5 Å². The van der Waals surface area contributed by atoms with Gasteiger partial charge in [-0.05, 0) is 56.5 Å². The van der Waals surface area contributed by atoms with Crippen LogP contribution in [0.15, 0.2) is 42.6 Å². The standard InChI is InChI=1S/C30H35FN6O3/c1-18(17-39-3)37-19(2)34-28-24(37)11-10-20(29(28)36-14-6-7-21(36)16-32)15-25(38)23-12-13-33-30(35-23)27-22(31)8-5-9-26(27)40-4/h5,8-13,18,21H,6-7,14-17,32H2,1-4H3/t18-,21+/m1/s1. The van der Waals surface area contributed by atoms with Gasteiger partial charge in [-0.25, -0.2) is 19.3 Å². The number of fused-ring (bicyclic) bond motifs is 1. The fourth-order valence-corrected chi connectivity index (χ4v) is 5.81. The average molecular weight is 547 g/mol. The number of nitrogens with two attached hydrogens (primary N) is 1. The van der Waals surface area contributed by atoms with Crippen molar-refractivity contribution in [3.63, 3.8) is 0 Å². The molecule has 0 spiro atoms. The van der Waals surface area contributed by atoms with E-state index in [0.29, 0.717) is 18.9 Å². The average Bonchev–Trinajstić information content (AvgIpc) is 3.56. The third-order valence-electron chi connectivity index (χ3n) is 7.59. The fourth-order valence-electron chi connectivity index (χ4n) is 5.81. The molecule has 0 unspecified atom stereocenters. The van der Waals surface area contributed by atoms with Gasteiger partial charge >= 0.3 is 0 Å². The van der Waals surface area contributed by atoms with Crippen LogP contribution in [-0.2, 0) is 11.2 Å². The topological polar surface area (TPSA) is 108 Å². The summed E-state index contributed by atoms with van der Waals surface area (Å²) in [6, 6.07) is 10.3. The third kappa shape index (κ3) is 5.04. The van der Waals surface area contributed by atoms with Crippen LogP contribution >= 0.6 is 0 Å². The number of ketones is 1. The summed E-state index contributed by atoms with van der Waals surface area (Å²) >= 11 is 0. The number of hydrogen-bond acceptors (Lipinski definition) is 8. The van der Waals surface area contributed by atoms with Crippen LogP contribution in [0.2, 0.25) is 0 Å². The predicted molar refractivity (Wildman–Crippen MR) is 152 cm³/mol. The molecule has 0 amide bonds. The molecule has 1 fully saturated rings. The number of aryl methyl sites for hydroxylation is 1. The molecule has 0 bridgehead atoms. The van der Waals surface area contributed by atoms with Crippen molar-refractivity contribution in [1.82, 2.24) is 19.5 Å². The van der Waals surface area contributed by atoms with Crippen LogP contribution in [0.25, 0.3) is 22.4 Å². The first-order valence-corrected chi connectivity index (χ1v) is 13.5. The molecule has 9 nitrogen and oxygen atoms in total. The molecular formula is C30H35FN6O3. The maximum absolute atomic E-state index is 14.7. The minimum Gasteiger partial charge on any atom is -0.496 e. The smallest absolute Gasteiger partial charge is 0.185 e. The van der Waals surface area contributed by atoms with Crippen LogP contribution in [0.5, 0.6) is 5.75 Å². The summed E-state index contributed by atoms with van der Waals surface area (Å²) in [6.45, 7) is 6.00. The lowest BCUT2D eigenvalue weighted by atomic mass is 10.0. The summed E-state index contributed by atoms with van der Waals surface area (Å²) in [4.78, 5) is 29.6. The van der Waals surface area contributed by atoms with E-state index in [1.807, 2.05) is 19.1 Å². The largest absolute Gasteiger partial charge is 0.496 e. The van der Waals surface area contributed by atoms with Gasteiger partial charge in [-0.2, -0.15) is 0 Å². The zero-order valence-corrected chi connectivity index (χ0v) is 23.4. The number of aromatic nitrogens is 4. The second kappa shape index (κ2) is 11.7. The van der Waals surface area contributed by atoms with E-state index in [1.54, 1.807) is 25.3 Å². The van der Waals surface area contributed by atoms with Crippen LogP contribution in [0.4, 0.5) is 10.1 Å². The first-order valence-electron chi connectivity index (χ1n) is 13.5. The van der Waals surface area contributed by atoms with E-state index < -0.39 is 5.82 Å². The molecule has 2 aromatic heterocycles. The van der Waals surface area contributed by atoms with Gasteiger partial charge in [0.1, 0.15) is 28.6 Å². The first-order chi connectivity index (χ1) is 19.4. The molecule has 10 heteroatoms. The lowest BCUT2D eigenvalue weighted by molar-refractivity contribution is 0.0988. The van der Waals surface area contributed by atoms with Gasteiger partial charge in [0.05, 0.1) is 36.5 Å². The van der Waals surface area contributed by atoms with Gasteiger partial charge in [0.15, 0.2) is 11.6 Å². The second-order valence-electron chi connectivity index (χ2n) is 10.2. The van der Waals surface area contributed by atoms with Crippen LogP contribution in [0.1, 0.15) is 47.7 Å². The number of benzene rings is 2. The molecule has 1 aliphatic heterocycles. The molecule has 3 heterocycles. The zero-order valence-electron chi connectivity index (χ0n) is 23.4. The first kappa shape index (κ1) is 27.7. The number of methoxy groups -OCH3 is 2. The van der Waals surface area contributed by atoms with Crippen molar-refractivity contribution in [2.24, 2.45) is 5.73 Å². The number of hydrogen-bond donors (Lipinski definition) is 1. The van der Waals surface area contributed by atoms with Crippen molar-refractivity contribution in [2.45, 2.75) is 45.2 Å². The Morgan fingerprint density at radius 3 is 2.77 bits per heavy atom. The van der Waals surface area contributed by atoms with Gasteiger partial charge in [-0.3, -0.25) is 4.79 Å². The number of carbonyl (C=O) groups is 1. The lowest BCUT2D eigenvalue weighted by Crippen LogP contribution is -2.36. The minimum absolute atomic E-state index is 0.0917. The molecule has 0 saturated carbocycles. The molecule has 2 atom stereocenters. The maximum atomic E-state index is 14.7. The molecule has 0 aliphatic carbocycles. The Kier molecular flexibility index (Phi) is 8.09. The van der Waals surface area contributed by atoms with E-state index in [4.69, 9.17) is 20.2 Å². The Labute approximate surface area is 233 Å². The van der Waals surface area contributed by atoms with Crippen LogP contribution in [-0.4, -0.2) is 65.3 Å². The summed E-state index contributed by atoms with van der Waals surface area (Å²) in [5.41, 5.74) is 10.1. The van der Waals surface area contributed by atoms with E-state index >= 15 is 0 Å². The minimum atomic E-state index is -0.521. The Morgan fingerprint density at radius 1 is 1.20 bits per heavy atom. The van der Waals surface area contributed by atoms with Crippen molar-refractivity contribution in [3.8, 4) is 17.1 Å². The molecular weight excluding hydrogens is 511 g/mol. The number of rotatable bonds is 10. The highest BCUT2D eigenvalue weighted by Gasteiger charge is 2.30. The second-order valence-corrected chi connectivity index (χ2v) is 10.2. The predicted octanol–water partition coefficient (Wildman–Crippen LogP) is 4.51. The summed E-state index contributed by atoms with van der Waals surface area (Å²) < 4.78 is 27.6. The van der Waals surface area contributed by atoms with Gasteiger partial charge in [0.25, 0.3) is 0 Å². The molecule has 0 radical (unpaired) electrons. The van der Waals surface area contributed by atoms with E-state index in [-0.39, 0.29) is 41.4 Å². The molecule has 2 N–H and O–H groups in total. The molecule has 5 rings (SSSR count). The highest BCUT2D eigenvalue weighted by Crippen LogP contribution is 2.37. The summed E-state index contributed by atoms with van der Waals surface area (Å²) in [5.74, 6) is 0.555. The Morgan fingerprint density at radius 2 is 2.02 bits per heavy atom. The number of carbonyl (C=O) groups excluding carboxylic acids is 1. The Hall–Kier alpha value is -3.89. The van der Waals surface area contributed by atoms with Crippen molar-refractivity contribution in [2.75, 3.05) is 38.8 Å². The van der Waals surface area contributed by atoms with Crippen molar-refractivity contribution < 1.29 is 18.7 Å². The molecule has 1 saturated heterocycles. The number of Topliss-reactive ketones (excluding diaryl/α,β-unsaturated/α-hetero) is 1. The van der Waals surface area contributed by atoms with Gasteiger partial charge < -0.3 is 24.7 Å². The number of halogens is 1. The number of nitrogens with zero attached hydrogens (tertiary/aromatic N) is 5. The summed E-state index contributed by atoms with van der Waals surface area (Å²) in [6.07, 6.45) is 3.58. The molecule has 1 aliphatic rings. The fraction of sp³-hybridized carbons (Fsp3) is 0.400. The zero-order chi connectivity index (χ0) is 28.4. The van der Waals surface area contributed by atoms with Crippen molar-refractivity contribution in [1.29, 1.82) is 0 Å². The third-order valence-corrected chi connectivity index (χ3v) is 7.59. The molecule has 210 valence electrons. The van der Waals surface area contributed by atoms with Gasteiger partial charge in [0.2, 0.25) is 0 Å². The number of imidazole rings is 1. The van der Waals surface area contributed by atoms with Crippen molar-refractivity contribution >= 4 is 22.5 Å². The van der Waals surface area contributed by atoms with Crippen LogP contribution in [0, 0.1) is 12.7 Å². The normalized spacial score (nSPS) is 16.1. The molecule has 4 aromatic rings. The molecule has 40 heavy (non-hydrogen) atoms. The lowest BCUT2D eigenvalue weighted by Gasteiger charge is -2.28. The SMILES string of the molecule is COC[C@@H](C)n1c(C)nc2c(N3CCC[C@H]3CN)c(CC(=O)c3ccnc(-c4c(F)cccc4OC)n3)ccc21. The van der Waals surface area contributed by atoms with Gasteiger partial charge in [0, 0.05) is 38.9 Å². The highest BCUT2D eigenvalue weighted by molar-refractivity contribution is 6.00. The van der Waals surface area contributed by atoms with Crippen LogP contribution in [0.3, 0.4) is 0 Å². The number of ether oxygens (including phenoxy) is 2. The monoisotopic (exact) mass is 546 g/mol. The van der Waals surface area contributed by atoms with Gasteiger partial charge in [-0.1, -0.05) is 12.1 Å². The molecule has 2 aromatic carbocycles. The highest BCUT2D eigenvalue weighted by atomic mass is 19.1. The van der Waals surface area contributed by atoms with E-state index in [1.165, 1.54) is 19.4 Å². The van der Waals surface area contributed by atoms with Crippen LogP contribution < -0.4 is 15.4 Å². The summed E-state index contributed by atoms with van der Waals surface area (Å²) in [7, 11) is 3.15. The van der Waals surface area contributed by atoms with Gasteiger partial charge in [-0.15, -0.1) is 0 Å². The van der Waals surface area contributed by atoms with E-state index in [9.17, 15) is 9.18 Å². The number of anilines is 1. The summed E-state index contributed by atoms with van der Waals surface area (Å²) in [5, 5.41) is 0. The van der Waals surface area contributed by atoms with Crippen molar-refractivity contribution in [3.05, 3.63) is 65.5 Å². The quantitative estimate of drug-likeness (QED) is 0.290. The maximum Gasteiger partial charge on any atom is 0.185 e.